The Morgan fingerprint density at radius 3 is 2.89 bits per heavy atom. The summed E-state index contributed by atoms with van der Waals surface area (Å²) in [5.41, 5.74) is 6.87. The van der Waals surface area contributed by atoms with Gasteiger partial charge in [-0.15, -0.1) is 0 Å². The molecule has 96 valence electrons. The highest BCUT2D eigenvalue weighted by molar-refractivity contribution is 9.10. The number of carbonyl (C=O) groups excluding carboxylic acids is 1. The molecule has 0 spiro atoms. The van der Waals surface area contributed by atoms with Gasteiger partial charge in [-0.3, -0.25) is 4.79 Å². The normalized spacial score (nSPS) is 29.5. The van der Waals surface area contributed by atoms with E-state index in [0.29, 0.717) is 17.4 Å². The van der Waals surface area contributed by atoms with Crippen LogP contribution in [0.2, 0.25) is 0 Å². The number of hydrogen-bond donors (Lipinski definition) is 2. The smallest absolute Gasteiger partial charge is 0.253 e. The number of halogens is 1. The van der Waals surface area contributed by atoms with Crippen molar-refractivity contribution in [1.29, 1.82) is 0 Å². The molecule has 3 atom stereocenters. The molecule has 1 aromatic rings. The summed E-state index contributed by atoms with van der Waals surface area (Å²) in [6.07, 6.45) is 3.62. The Hall–Kier alpha value is -1.07. The molecular formula is C13H15BrN2O2. The quantitative estimate of drug-likeness (QED) is 0.822. The Morgan fingerprint density at radius 2 is 2.28 bits per heavy atom. The number of rotatable bonds is 2. The van der Waals surface area contributed by atoms with E-state index in [1.54, 1.807) is 12.1 Å². The standard InChI is InChI=1S/C13H15BrN2O2/c14-7-1-3-9(10(15)5-7)13(17)16-11-6-8-2-4-12(11)18-8/h1,3,5,8,11-12H,2,4,6,15H2,(H,16,17). The number of amides is 1. The van der Waals surface area contributed by atoms with E-state index in [9.17, 15) is 4.79 Å². The Labute approximate surface area is 114 Å². The van der Waals surface area contributed by atoms with Gasteiger partial charge in [-0.1, -0.05) is 15.9 Å². The van der Waals surface area contributed by atoms with Crippen LogP contribution in [0.5, 0.6) is 0 Å². The van der Waals surface area contributed by atoms with Crippen molar-refractivity contribution < 1.29 is 9.53 Å². The summed E-state index contributed by atoms with van der Waals surface area (Å²) in [7, 11) is 0. The molecule has 3 rings (SSSR count). The van der Waals surface area contributed by atoms with Gasteiger partial charge in [-0.25, -0.2) is 0 Å². The molecule has 0 aliphatic carbocycles. The molecule has 5 heteroatoms. The number of nitrogen functional groups attached to an aromatic ring is 1. The van der Waals surface area contributed by atoms with E-state index in [0.717, 1.165) is 23.7 Å². The minimum absolute atomic E-state index is 0.110. The van der Waals surface area contributed by atoms with Gasteiger partial charge in [0.1, 0.15) is 0 Å². The second-order valence-electron chi connectivity index (χ2n) is 4.92. The van der Waals surface area contributed by atoms with Crippen molar-refractivity contribution in [1.82, 2.24) is 5.32 Å². The predicted molar refractivity (Wildman–Crippen MR) is 72.3 cm³/mol. The van der Waals surface area contributed by atoms with Crippen LogP contribution < -0.4 is 11.1 Å². The number of benzene rings is 1. The van der Waals surface area contributed by atoms with Gasteiger partial charge < -0.3 is 15.8 Å². The van der Waals surface area contributed by atoms with Crippen LogP contribution in [0.4, 0.5) is 5.69 Å². The Morgan fingerprint density at radius 1 is 1.44 bits per heavy atom. The van der Waals surface area contributed by atoms with Gasteiger partial charge in [0, 0.05) is 10.2 Å². The van der Waals surface area contributed by atoms with E-state index in [4.69, 9.17) is 10.5 Å². The van der Waals surface area contributed by atoms with Gasteiger partial charge in [0.05, 0.1) is 23.8 Å². The maximum atomic E-state index is 12.1. The molecule has 2 bridgehead atoms. The van der Waals surface area contributed by atoms with Crippen LogP contribution in [-0.4, -0.2) is 24.2 Å². The molecule has 18 heavy (non-hydrogen) atoms. The number of hydrogen-bond acceptors (Lipinski definition) is 3. The van der Waals surface area contributed by atoms with Crippen molar-refractivity contribution in [2.24, 2.45) is 0 Å². The second-order valence-corrected chi connectivity index (χ2v) is 5.84. The van der Waals surface area contributed by atoms with Gasteiger partial charge in [-0.2, -0.15) is 0 Å². The first-order chi connectivity index (χ1) is 8.63. The minimum atomic E-state index is -0.110. The summed E-state index contributed by atoms with van der Waals surface area (Å²) in [5.74, 6) is -0.110. The van der Waals surface area contributed by atoms with E-state index < -0.39 is 0 Å². The lowest BCUT2D eigenvalue weighted by atomic mass is 9.95. The first-order valence-corrected chi connectivity index (χ1v) is 6.94. The molecule has 2 aliphatic heterocycles. The number of carbonyl (C=O) groups is 1. The molecule has 2 aliphatic rings. The van der Waals surface area contributed by atoms with Crippen LogP contribution in [0.25, 0.3) is 0 Å². The molecule has 1 amide bonds. The summed E-state index contributed by atoms with van der Waals surface area (Å²) in [6, 6.07) is 5.44. The minimum Gasteiger partial charge on any atom is -0.398 e. The van der Waals surface area contributed by atoms with Gasteiger partial charge in [0.2, 0.25) is 0 Å². The van der Waals surface area contributed by atoms with Gasteiger partial charge in [0.15, 0.2) is 0 Å². The zero-order chi connectivity index (χ0) is 12.7. The van der Waals surface area contributed by atoms with Crippen LogP contribution in [0.15, 0.2) is 22.7 Å². The fraction of sp³-hybridized carbons (Fsp3) is 0.462. The topological polar surface area (TPSA) is 64.4 Å². The predicted octanol–water partition coefficient (Wildman–Crippen LogP) is 2.08. The zero-order valence-corrected chi connectivity index (χ0v) is 11.4. The van der Waals surface area contributed by atoms with E-state index in [-0.39, 0.29) is 18.1 Å². The Bertz CT molecular complexity index is 492. The van der Waals surface area contributed by atoms with E-state index in [1.807, 2.05) is 6.07 Å². The molecule has 4 nitrogen and oxygen atoms in total. The summed E-state index contributed by atoms with van der Waals surface area (Å²) in [4.78, 5) is 12.1. The largest absolute Gasteiger partial charge is 0.398 e. The van der Waals surface area contributed by atoms with Crippen molar-refractivity contribution in [3.8, 4) is 0 Å². The molecule has 2 fully saturated rings. The molecule has 1 aromatic carbocycles. The summed E-state index contributed by atoms with van der Waals surface area (Å²) in [6.45, 7) is 0. The molecule has 2 saturated heterocycles. The molecule has 0 aromatic heterocycles. The Kier molecular flexibility index (Phi) is 3.03. The number of nitrogens with one attached hydrogen (secondary N) is 1. The number of nitrogens with two attached hydrogens (primary N) is 1. The van der Waals surface area contributed by atoms with Gasteiger partial charge >= 0.3 is 0 Å². The molecule has 0 saturated carbocycles. The Balaban J connectivity index is 1.71. The third kappa shape index (κ3) is 2.12. The van der Waals surface area contributed by atoms with Crippen molar-refractivity contribution in [2.45, 2.75) is 37.5 Å². The molecular weight excluding hydrogens is 296 g/mol. The van der Waals surface area contributed by atoms with Crippen LogP contribution in [-0.2, 0) is 4.74 Å². The first kappa shape index (κ1) is 12.0. The first-order valence-electron chi connectivity index (χ1n) is 6.15. The lowest BCUT2D eigenvalue weighted by Gasteiger charge is -2.20. The molecule has 3 unspecified atom stereocenters. The fourth-order valence-corrected chi connectivity index (χ4v) is 3.16. The zero-order valence-electron chi connectivity index (χ0n) is 9.86. The van der Waals surface area contributed by atoms with Crippen LogP contribution in [0.3, 0.4) is 0 Å². The lowest BCUT2D eigenvalue weighted by molar-refractivity contribution is 0.0841. The van der Waals surface area contributed by atoms with Crippen molar-refractivity contribution in [2.75, 3.05) is 5.73 Å². The average molecular weight is 311 g/mol. The highest BCUT2D eigenvalue weighted by Crippen LogP contribution is 2.34. The monoisotopic (exact) mass is 310 g/mol. The maximum Gasteiger partial charge on any atom is 0.253 e. The molecule has 2 heterocycles. The van der Waals surface area contributed by atoms with E-state index in [1.165, 1.54) is 0 Å². The van der Waals surface area contributed by atoms with Crippen molar-refractivity contribution >= 4 is 27.5 Å². The van der Waals surface area contributed by atoms with E-state index >= 15 is 0 Å². The van der Waals surface area contributed by atoms with Gasteiger partial charge in [-0.05, 0) is 37.5 Å². The molecule has 0 radical (unpaired) electrons. The average Bonchev–Trinajstić information content (AvgIpc) is 2.90. The van der Waals surface area contributed by atoms with Crippen LogP contribution in [0.1, 0.15) is 29.6 Å². The summed E-state index contributed by atoms with van der Waals surface area (Å²) < 4.78 is 6.59. The summed E-state index contributed by atoms with van der Waals surface area (Å²) in [5, 5.41) is 3.03. The third-order valence-electron chi connectivity index (χ3n) is 3.68. The SMILES string of the molecule is Nc1cc(Br)ccc1C(=O)NC1CC2CCC1O2. The fourth-order valence-electron chi connectivity index (χ4n) is 2.78. The van der Waals surface area contributed by atoms with Crippen molar-refractivity contribution in [3.05, 3.63) is 28.2 Å². The number of anilines is 1. The summed E-state index contributed by atoms with van der Waals surface area (Å²) >= 11 is 3.33. The molecule has 3 N–H and O–H groups in total. The lowest BCUT2D eigenvalue weighted by Crippen LogP contribution is -2.41. The van der Waals surface area contributed by atoms with E-state index in [2.05, 4.69) is 21.2 Å². The van der Waals surface area contributed by atoms with Crippen LogP contribution in [0, 0.1) is 0 Å². The van der Waals surface area contributed by atoms with Gasteiger partial charge in [0.25, 0.3) is 5.91 Å². The third-order valence-corrected chi connectivity index (χ3v) is 4.17. The number of fused-ring (bicyclic) bond motifs is 2. The highest BCUT2D eigenvalue weighted by Gasteiger charge is 2.41. The second kappa shape index (κ2) is 4.55. The highest BCUT2D eigenvalue weighted by atomic mass is 79.9. The number of ether oxygens (including phenoxy) is 1. The maximum absolute atomic E-state index is 12.1. The van der Waals surface area contributed by atoms with Crippen molar-refractivity contribution in [3.63, 3.8) is 0 Å². The van der Waals surface area contributed by atoms with Crippen LogP contribution >= 0.6 is 15.9 Å².